The molecule has 2 aromatic carbocycles. The van der Waals surface area contributed by atoms with E-state index in [0.717, 1.165) is 0 Å². The molecule has 6 heteroatoms. The molecule has 0 saturated heterocycles. The minimum atomic E-state index is -0.774. The highest BCUT2D eigenvalue weighted by Crippen LogP contribution is 2.22. The highest BCUT2D eigenvalue weighted by molar-refractivity contribution is 5.94. The van der Waals surface area contributed by atoms with E-state index in [1.54, 1.807) is 31.2 Å². The molecule has 5 nitrogen and oxygen atoms in total. The molecule has 0 heterocycles. The number of likely N-dealkylation sites (N-methyl/N-ethyl adjacent to an activating group) is 1. The third-order valence-electron chi connectivity index (χ3n) is 3.52. The summed E-state index contributed by atoms with van der Waals surface area (Å²) in [6.07, 6.45) is 0. The van der Waals surface area contributed by atoms with Crippen LogP contribution in [0.5, 0.6) is 5.75 Å². The van der Waals surface area contributed by atoms with Crippen molar-refractivity contribution >= 4 is 11.9 Å². The average Bonchev–Trinajstić information content (AvgIpc) is 2.54. The number of phenolic OH excluding ortho intramolecular Hbond substituents is 1. The van der Waals surface area contributed by atoms with Crippen LogP contribution in [0.3, 0.4) is 0 Å². The van der Waals surface area contributed by atoms with Crippen LogP contribution in [0.2, 0.25) is 0 Å². The molecule has 0 saturated carbocycles. The molecule has 0 aromatic heterocycles. The maximum Gasteiger partial charge on any atom is 0.342 e. The Bertz CT molecular complexity index is 760. The second-order valence-electron chi connectivity index (χ2n) is 5.43. The van der Waals surface area contributed by atoms with Gasteiger partial charge < -0.3 is 14.7 Å². The summed E-state index contributed by atoms with van der Waals surface area (Å²) < 4.78 is 18.1. The number of amides is 1. The quantitative estimate of drug-likeness (QED) is 0.856. The van der Waals surface area contributed by atoms with Gasteiger partial charge in [-0.3, -0.25) is 4.79 Å². The minimum absolute atomic E-state index is 0.00980. The second-order valence-corrected chi connectivity index (χ2v) is 5.43. The van der Waals surface area contributed by atoms with Crippen LogP contribution in [0.25, 0.3) is 0 Å². The van der Waals surface area contributed by atoms with Crippen LogP contribution in [0.4, 0.5) is 4.39 Å². The first-order valence-corrected chi connectivity index (χ1v) is 7.32. The lowest BCUT2D eigenvalue weighted by atomic mass is 10.1. The van der Waals surface area contributed by atoms with E-state index >= 15 is 0 Å². The summed E-state index contributed by atoms with van der Waals surface area (Å²) in [7, 11) is 1.53. The highest BCUT2D eigenvalue weighted by atomic mass is 19.1. The summed E-state index contributed by atoms with van der Waals surface area (Å²) in [6, 6.07) is 10.6. The van der Waals surface area contributed by atoms with Crippen LogP contribution >= 0.6 is 0 Å². The van der Waals surface area contributed by atoms with E-state index in [4.69, 9.17) is 4.74 Å². The molecule has 0 aliphatic heterocycles. The lowest BCUT2D eigenvalue weighted by Crippen LogP contribution is -2.30. The highest BCUT2D eigenvalue weighted by Gasteiger charge is 2.17. The van der Waals surface area contributed by atoms with E-state index in [1.165, 1.54) is 30.1 Å². The normalized spacial score (nSPS) is 10.3. The predicted octanol–water partition coefficient (Wildman–Crippen LogP) is 2.66. The van der Waals surface area contributed by atoms with Crippen molar-refractivity contribution in [1.29, 1.82) is 0 Å². The van der Waals surface area contributed by atoms with E-state index in [9.17, 15) is 19.1 Å². The molecular formula is C18H18FNO4. The predicted molar refractivity (Wildman–Crippen MR) is 86.0 cm³/mol. The summed E-state index contributed by atoms with van der Waals surface area (Å²) in [5, 5.41) is 9.83. The molecule has 1 N–H and O–H groups in total. The molecule has 0 radical (unpaired) electrons. The number of para-hydroxylation sites is 1. The van der Waals surface area contributed by atoms with Crippen molar-refractivity contribution in [3.63, 3.8) is 0 Å². The van der Waals surface area contributed by atoms with Crippen LogP contribution in [-0.2, 0) is 16.1 Å². The van der Waals surface area contributed by atoms with Crippen molar-refractivity contribution in [2.24, 2.45) is 0 Å². The molecule has 0 atom stereocenters. The number of carbonyl (C=O) groups is 2. The number of aromatic hydroxyl groups is 1. The first kappa shape index (κ1) is 17.5. The van der Waals surface area contributed by atoms with Gasteiger partial charge in [0.25, 0.3) is 5.91 Å². The third-order valence-corrected chi connectivity index (χ3v) is 3.52. The van der Waals surface area contributed by atoms with Gasteiger partial charge in [-0.2, -0.15) is 0 Å². The number of carbonyl (C=O) groups excluding carboxylic acids is 2. The number of hydrogen-bond acceptors (Lipinski definition) is 4. The zero-order valence-electron chi connectivity index (χ0n) is 13.5. The lowest BCUT2D eigenvalue weighted by Gasteiger charge is -2.17. The summed E-state index contributed by atoms with van der Waals surface area (Å²) in [5.74, 6) is -1.75. The number of phenols is 1. The van der Waals surface area contributed by atoms with E-state index < -0.39 is 18.5 Å². The Kier molecular flexibility index (Phi) is 5.52. The third kappa shape index (κ3) is 4.32. The van der Waals surface area contributed by atoms with Gasteiger partial charge in [-0.15, -0.1) is 0 Å². The van der Waals surface area contributed by atoms with Crippen molar-refractivity contribution in [2.75, 3.05) is 13.7 Å². The Hall–Kier alpha value is -2.89. The molecule has 2 aromatic rings. The molecule has 1 amide bonds. The molecular weight excluding hydrogens is 313 g/mol. The number of esters is 1. The Morgan fingerprint density at radius 3 is 2.62 bits per heavy atom. The van der Waals surface area contributed by atoms with Crippen LogP contribution in [-0.4, -0.2) is 35.5 Å². The van der Waals surface area contributed by atoms with Crippen molar-refractivity contribution in [3.05, 3.63) is 65.0 Å². The second kappa shape index (κ2) is 7.59. The fourth-order valence-corrected chi connectivity index (χ4v) is 2.14. The minimum Gasteiger partial charge on any atom is -0.507 e. The fourth-order valence-electron chi connectivity index (χ4n) is 2.14. The van der Waals surface area contributed by atoms with Crippen LogP contribution in [0.1, 0.15) is 21.5 Å². The van der Waals surface area contributed by atoms with Gasteiger partial charge in [0.05, 0.1) is 0 Å². The smallest absolute Gasteiger partial charge is 0.342 e. The molecule has 0 bridgehead atoms. The van der Waals surface area contributed by atoms with Crippen LogP contribution in [0.15, 0.2) is 42.5 Å². The first-order chi connectivity index (χ1) is 11.4. The van der Waals surface area contributed by atoms with Crippen molar-refractivity contribution in [1.82, 2.24) is 4.90 Å². The van der Waals surface area contributed by atoms with Gasteiger partial charge in [0, 0.05) is 13.6 Å². The number of aryl methyl sites for hydroxylation is 1. The van der Waals surface area contributed by atoms with E-state index in [1.807, 2.05) is 0 Å². The standard InChI is InChI=1S/C18H18FNO4/c1-12-5-3-8-15(17(12)22)18(23)24-11-16(21)20(2)10-13-6-4-7-14(19)9-13/h3-9,22H,10-11H2,1-2H3. The summed E-state index contributed by atoms with van der Waals surface area (Å²) >= 11 is 0. The Morgan fingerprint density at radius 1 is 1.21 bits per heavy atom. The molecule has 0 aliphatic carbocycles. The topological polar surface area (TPSA) is 66.8 Å². The number of halogens is 1. The Morgan fingerprint density at radius 2 is 1.92 bits per heavy atom. The molecule has 0 spiro atoms. The molecule has 0 aliphatic rings. The van der Waals surface area contributed by atoms with Gasteiger partial charge in [0.15, 0.2) is 6.61 Å². The fraction of sp³-hybridized carbons (Fsp3) is 0.222. The van der Waals surface area contributed by atoms with Gasteiger partial charge in [0.1, 0.15) is 17.1 Å². The monoisotopic (exact) mass is 331 g/mol. The van der Waals surface area contributed by atoms with Crippen LogP contribution < -0.4 is 0 Å². The lowest BCUT2D eigenvalue weighted by molar-refractivity contribution is -0.133. The number of hydrogen-bond donors (Lipinski definition) is 1. The van der Waals surface area contributed by atoms with E-state index in [0.29, 0.717) is 11.1 Å². The zero-order valence-corrected chi connectivity index (χ0v) is 13.5. The van der Waals surface area contributed by atoms with Crippen LogP contribution in [0, 0.1) is 12.7 Å². The Balaban J connectivity index is 1.92. The van der Waals surface area contributed by atoms with E-state index in [-0.39, 0.29) is 23.7 Å². The number of rotatable bonds is 5. The van der Waals surface area contributed by atoms with Gasteiger partial charge in [-0.25, -0.2) is 9.18 Å². The van der Waals surface area contributed by atoms with Gasteiger partial charge >= 0.3 is 5.97 Å². The number of ether oxygens (including phenoxy) is 1. The van der Waals surface area contributed by atoms with Gasteiger partial charge in [0.2, 0.25) is 0 Å². The molecule has 126 valence electrons. The maximum absolute atomic E-state index is 13.1. The van der Waals surface area contributed by atoms with Crippen molar-refractivity contribution in [2.45, 2.75) is 13.5 Å². The first-order valence-electron chi connectivity index (χ1n) is 7.32. The molecule has 0 unspecified atom stereocenters. The summed E-state index contributed by atoms with van der Waals surface area (Å²) in [5.41, 5.74) is 1.18. The van der Waals surface area contributed by atoms with E-state index in [2.05, 4.69) is 0 Å². The summed E-state index contributed by atoms with van der Waals surface area (Å²) in [6.45, 7) is 1.39. The number of nitrogens with zero attached hydrogens (tertiary/aromatic N) is 1. The SMILES string of the molecule is Cc1cccc(C(=O)OCC(=O)N(C)Cc2cccc(F)c2)c1O. The maximum atomic E-state index is 13.1. The Labute approximate surface area is 139 Å². The molecule has 0 fully saturated rings. The van der Waals surface area contributed by atoms with Gasteiger partial charge in [-0.1, -0.05) is 24.3 Å². The molecule has 24 heavy (non-hydrogen) atoms. The van der Waals surface area contributed by atoms with Crippen molar-refractivity contribution in [3.8, 4) is 5.75 Å². The zero-order chi connectivity index (χ0) is 17.7. The number of benzene rings is 2. The largest absolute Gasteiger partial charge is 0.507 e. The average molecular weight is 331 g/mol. The summed E-state index contributed by atoms with van der Waals surface area (Å²) in [4.78, 5) is 25.3. The van der Waals surface area contributed by atoms with Crippen molar-refractivity contribution < 1.29 is 23.8 Å². The molecule has 2 rings (SSSR count). The van der Waals surface area contributed by atoms with Gasteiger partial charge in [-0.05, 0) is 36.2 Å².